The summed E-state index contributed by atoms with van der Waals surface area (Å²) in [5, 5.41) is 3.56. The lowest BCUT2D eigenvalue weighted by atomic mass is 9.93. The van der Waals surface area contributed by atoms with Crippen molar-refractivity contribution in [2.24, 2.45) is 5.92 Å². The molecule has 0 saturated carbocycles. The molecule has 2 heteroatoms. The Kier molecular flexibility index (Phi) is 6.37. The summed E-state index contributed by atoms with van der Waals surface area (Å²) in [5.41, 5.74) is 2.70. The minimum absolute atomic E-state index is 0.255. The third kappa shape index (κ3) is 4.43. The molecule has 1 aromatic rings. The molecule has 1 aromatic carbocycles. The molecule has 1 rings (SSSR count). The van der Waals surface area contributed by atoms with Crippen LogP contribution >= 0.6 is 0 Å². The summed E-state index contributed by atoms with van der Waals surface area (Å²) in [7, 11) is 1.81. The van der Waals surface area contributed by atoms with Crippen LogP contribution in [0, 0.1) is 12.8 Å². The Morgan fingerprint density at radius 2 is 2.00 bits per heavy atom. The van der Waals surface area contributed by atoms with Gasteiger partial charge in [0.25, 0.3) is 0 Å². The number of methoxy groups -OCH3 is 1. The van der Waals surface area contributed by atoms with Gasteiger partial charge in [-0.2, -0.15) is 0 Å². The molecule has 0 amide bonds. The van der Waals surface area contributed by atoms with Crippen molar-refractivity contribution >= 4 is 0 Å². The van der Waals surface area contributed by atoms with Crippen LogP contribution in [0.15, 0.2) is 24.3 Å². The standard InChI is InChI=1S/C16H27NO/c1-6-17-15(16(18-5)12(2)3)11-14-9-7-8-13(4)10-14/h7-10,12,15-17H,6,11H2,1-5H3. The van der Waals surface area contributed by atoms with Gasteiger partial charge in [-0.1, -0.05) is 50.6 Å². The van der Waals surface area contributed by atoms with E-state index in [0.29, 0.717) is 12.0 Å². The molecule has 18 heavy (non-hydrogen) atoms. The zero-order valence-electron chi connectivity index (χ0n) is 12.4. The van der Waals surface area contributed by atoms with E-state index in [1.807, 2.05) is 7.11 Å². The highest BCUT2D eigenvalue weighted by atomic mass is 16.5. The third-order valence-corrected chi connectivity index (χ3v) is 3.33. The first-order chi connectivity index (χ1) is 8.58. The van der Waals surface area contributed by atoms with Gasteiger partial charge in [-0.25, -0.2) is 0 Å². The van der Waals surface area contributed by atoms with E-state index in [2.05, 4.69) is 57.3 Å². The van der Waals surface area contributed by atoms with Crippen molar-refractivity contribution in [3.63, 3.8) is 0 Å². The largest absolute Gasteiger partial charge is 0.380 e. The van der Waals surface area contributed by atoms with E-state index < -0.39 is 0 Å². The van der Waals surface area contributed by atoms with Crippen LogP contribution in [0.25, 0.3) is 0 Å². The lowest BCUT2D eigenvalue weighted by Crippen LogP contribution is -2.45. The minimum atomic E-state index is 0.255. The van der Waals surface area contributed by atoms with Crippen molar-refractivity contribution in [3.05, 3.63) is 35.4 Å². The van der Waals surface area contributed by atoms with Crippen LogP contribution in [0.5, 0.6) is 0 Å². The van der Waals surface area contributed by atoms with Gasteiger partial charge in [-0.15, -0.1) is 0 Å². The molecule has 1 N–H and O–H groups in total. The molecule has 102 valence electrons. The summed E-state index contributed by atoms with van der Waals surface area (Å²) in [5.74, 6) is 0.517. The molecule has 2 atom stereocenters. The molecule has 0 aliphatic rings. The van der Waals surface area contributed by atoms with Gasteiger partial charge in [-0.3, -0.25) is 0 Å². The average molecular weight is 249 g/mol. The second-order valence-corrected chi connectivity index (χ2v) is 5.30. The zero-order chi connectivity index (χ0) is 13.5. The number of hydrogen-bond acceptors (Lipinski definition) is 2. The highest BCUT2D eigenvalue weighted by Crippen LogP contribution is 2.15. The summed E-state index contributed by atoms with van der Waals surface area (Å²) in [6.07, 6.45) is 1.28. The molecule has 0 bridgehead atoms. The number of hydrogen-bond donors (Lipinski definition) is 1. The Balaban J connectivity index is 2.79. The van der Waals surface area contributed by atoms with Crippen LogP contribution in [0.2, 0.25) is 0 Å². The molecule has 2 unspecified atom stereocenters. The molecule has 0 fully saturated rings. The molecule has 0 radical (unpaired) electrons. The van der Waals surface area contributed by atoms with Gasteiger partial charge in [0, 0.05) is 13.2 Å². The fourth-order valence-corrected chi connectivity index (χ4v) is 2.56. The molecule has 0 aliphatic heterocycles. The summed E-state index contributed by atoms with van der Waals surface area (Å²) in [6, 6.07) is 9.11. The Hall–Kier alpha value is -0.860. The number of aryl methyl sites for hydroxylation is 1. The molecule has 0 saturated heterocycles. The maximum Gasteiger partial charge on any atom is 0.0750 e. The van der Waals surface area contributed by atoms with E-state index >= 15 is 0 Å². The first-order valence-electron chi connectivity index (χ1n) is 6.90. The monoisotopic (exact) mass is 249 g/mol. The van der Waals surface area contributed by atoms with Crippen LogP contribution in [-0.2, 0) is 11.2 Å². The van der Waals surface area contributed by atoms with E-state index in [-0.39, 0.29) is 6.10 Å². The van der Waals surface area contributed by atoms with Crippen molar-refractivity contribution in [3.8, 4) is 0 Å². The van der Waals surface area contributed by atoms with Gasteiger partial charge in [0.15, 0.2) is 0 Å². The third-order valence-electron chi connectivity index (χ3n) is 3.33. The van der Waals surface area contributed by atoms with Crippen LogP contribution in [0.1, 0.15) is 31.9 Å². The Morgan fingerprint density at radius 1 is 1.28 bits per heavy atom. The molecule has 0 aromatic heterocycles. The maximum atomic E-state index is 5.67. The van der Waals surface area contributed by atoms with Gasteiger partial charge < -0.3 is 10.1 Å². The number of rotatable bonds is 7. The quantitative estimate of drug-likeness (QED) is 0.801. The lowest BCUT2D eigenvalue weighted by molar-refractivity contribution is 0.0337. The maximum absolute atomic E-state index is 5.67. The predicted molar refractivity (Wildman–Crippen MR) is 78.0 cm³/mol. The van der Waals surface area contributed by atoms with E-state index in [1.165, 1.54) is 11.1 Å². The highest BCUT2D eigenvalue weighted by Gasteiger charge is 2.23. The molecule has 0 aliphatic carbocycles. The molecule has 0 heterocycles. The van der Waals surface area contributed by atoms with Crippen LogP contribution in [0.3, 0.4) is 0 Å². The van der Waals surface area contributed by atoms with Crippen LogP contribution < -0.4 is 5.32 Å². The molecular weight excluding hydrogens is 222 g/mol. The highest BCUT2D eigenvalue weighted by molar-refractivity contribution is 5.23. The first kappa shape index (κ1) is 15.2. The smallest absolute Gasteiger partial charge is 0.0750 e. The van der Waals surface area contributed by atoms with Gasteiger partial charge >= 0.3 is 0 Å². The van der Waals surface area contributed by atoms with E-state index in [9.17, 15) is 0 Å². The minimum Gasteiger partial charge on any atom is -0.380 e. The molecule has 0 spiro atoms. The van der Waals surface area contributed by atoms with Crippen molar-refractivity contribution in [2.75, 3.05) is 13.7 Å². The van der Waals surface area contributed by atoms with Gasteiger partial charge in [0.05, 0.1) is 6.10 Å². The zero-order valence-corrected chi connectivity index (χ0v) is 12.4. The SMILES string of the molecule is CCNC(Cc1cccc(C)c1)C(OC)C(C)C. The normalized spacial score (nSPS) is 14.8. The van der Waals surface area contributed by atoms with Crippen LogP contribution in [-0.4, -0.2) is 25.8 Å². The summed E-state index contributed by atoms with van der Waals surface area (Å²) >= 11 is 0. The topological polar surface area (TPSA) is 21.3 Å². The molecular formula is C16H27NO. The molecule has 2 nitrogen and oxygen atoms in total. The van der Waals surface area contributed by atoms with Crippen molar-refractivity contribution < 1.29 is 4.74 Å². The predicted octanol–water partition coefficient (Wildman–Crippen LogP) is 3.19. The lowest BCUT2D eigenvalue weighted by Gasteiger charge is -2.30. The van der Waals surface area contributed by atoms with Crippen LogP contribution in [0.4, 0.5) is 0 Å². The first-order valence-corrected chi connectivity index (χ1v) is 6.90. The summed E-state index contributed by atoms with van der Waals surface area (Å²) < 4.78 is 5.67. The van der Waals surface area contributed by atoms with E-state index in [0.717, 1.165) is 13.0 Å². The van der Waals surface area contributed by atoms with Gasteiger partial charge in [0.1, 0.15) is 0 Å². The fourth-order valence-electron chi connectivity index (χ4n) is 2.56. The number of benzene rings is 1. The Labute approximate surface area is 112 Å². The number of ether oxygens (including phenoxy) is 1. The Morgan fingerprint density at radius 3 is 2.50 bits per heavy atom. The number of likely N-dealkylation sites (N-methyl/N-ethyl adjacent to an activating group) is 1. The summed E-state index contributed by atoms with van der Waals surface area (Å²) in [6.45, 7) is 9.70. The van der Waals surface area contributed by atoms with Crippen molar-refractivity contribution in [1.29, 1.82) is 0 Å². The average Bonchev–Trinajstić information content (AvgIpc) is 2.29. The van der Waals surface area contributed by atoms with Gasteiger partial charge in [0.2, 0.25) is 0 Å². The van der Waals surface area contributed by atoms with E-state index in [4.69, 9.17) is 4.74 Å². The Bertz CT molecular complexity index is 349. The summed E-state index contributed by atoms with van der Waals surface area (Å²) in [4.78, 5) is 0. The van der Waals surface area contributed by atoms with Crippen molar-refractivity contribution in [1.82, 2.24) is 5.32 Å². The van der Waals surface area contributed by atoms with E-state index in [1.54, 1.807) is 0 Å². The number of nitrogens with one attached hydrogen (secondary N) is 1. The van der Waals surface area contributed by atoms with Crippen molar-refractivity contribution in [2.45, 2.75) is 46.3 Å². The fraction of sp³-hybridized carbons (Fsp3) is 0.625. The van der Waals surface area contributed by atoms with Gasteiger partial charge in [-0.05, 0) is 31.4 Å². The second kappa shape index (κ2) is 7.55. The second-order valence-electron chi connectivity index (χ2n) is 5.30.